The van der Waals surface area contributed by atoms with Crippen LogP contribution in [0.25, 0.3) is 21.8 Å². The van der Waals surface area contributed by atoms with Gasteiger partial charge >= 0.3 is 0 Å². The molecule has 2 heteroatoms. The molecule has 1 aromatic heterocycles. The van der Waals surface area contributed by atoms with Crippen LogP contribution < -0.4 is 0 Å². The molecule has 0 aliphatic carbocycles. The second kappa shape index (κ2) is 5.90. The largest absolute Gasteiger partial charge is 0.354 e. The van der Waals surface area contributed by atoms with Crippen molar-refractivity contribution in [2.75, 3.05) is 20.6 Å². The molecule has 0 aliphatic rings. The normalized spacial score (nSPS) is 11.8. The Bertz CT molecular complexity index is 753. The number of nitrogens with one attached hydrogen (secondary N) is 1. The molecular formula is C19H24N2. The fraction of sp³-hybridized carbons (Fsp3) is 0.368. The monoisotopic (exact) mass is 280 g/mol. The number of rotatable bonds is 5. The summed E-state index contributed by atoms with van der Waals surface area (Å²) < 4.78 is 0. The van der Waals surface area contributed by atoms with Crippen LogP contribution in [0.3, 0.4) is 0 Å². The molecule has 2 aromatic carbocycles. The van der Waals surface area contributed by atoms with Gasteiger partial charge in [-0.05, 0) is 63.2 Å². The highest BCUT2D eigenvalue weighted by molar-refractivity contribution is 6.08. The quantitative estimate of drug-likeness (QED) is 0.735. The van der Waals surface area contributed by atoms with Crippen molar-refractivity contribution in [1.82, 2.24) is 9.88 Å². The Labute approximate surface area is 126 Å². The SMILES string of the molecule is CCc1cc(CCCN(C)C)c2[nH]c3ccccc3c2c1. The molecule has 0 bridgehead atoms. The number of fused-ring (bicyclic) bond motifs is 3. The number of H-pyrrole nitrogens is 1. The van der Waals surface area contributed by atoms with Gasteiger partial charge in [0.1, 0.15) is 0 Å². The molecule has 3 rings (SSSR count). The minimum Gasteiger partial charge on any atom is -0.354 e. The van der Waals surface area contributed by atoms with Gasteiger partial charge in [-0.2, -0.15) is 0 Å². The average molecular weight is 280 g/mol. The van der Waals surface area contributed by atoms with Gasteiger partial charge in [0.15, 0.2) is 0 Å². The van der Waals surface area contributed by atoms with E-state index < -0.39 is 0 Å². The van der Waals surface area contributed by atoms with Crippen molar-refractivity contribution in [3.8, 4) is 0 Å². The van der Waals surface area contributed by atoms with Gasteiger partial charge in [0.2, 0.25) is 0 Å². The molecule has 1 heterocycles. The fourth-order valence-corrected chi connectivity index (χ4v) is 3.08. The summed E-state index contributed by atoms with van der Waals surface area (Å²) in [5.74, 6) is 0. The van der Waals surface area contributed by atoms with E-state index in [1.807, 2.05) is 0 Å². The van der Waals surface area contributed by atoms with Gasteiger partial charge in [-0.25, -0.2) is 0 Å². The number of aromatic nitrogens is 1. The van der Waals surface area contributed by atoms with Crippen molar-refractivity contribution in [1.29, 1.82) is 0 Å². The Balaban J connectivity index is 2.08. The molecule has 0 fully saturated rings. The molecule has 0 aliphatic heterocycles. The summed E-state index contributed by atoms with van der Waals surface area (Å²) in [6.45, 7) is 3.37. The smallest absolute Gasteiger partial charge is 0.0497 e. The van der Waals surface area contributed by atoms with Crippen LogP contribution in [-0.2, 0) is 12.8 Å². The number of aryl methyl sites for hydroxylation is 2. The molecule has 2 nitrogen and oxygen atoms in total. The Kier molecular flexibility index (Phi) is 3.98. The zero-order valence-corrected chi connectivity index (χ0v) is 13.2. The van der Waals surface area contributed by atoms with Gasteiger partial charge in [-0.1, -0.05) is 31.2 Å². The second-order valence-corrected chi connectivity index (χ2v) is 6.11. The molecule has 3 aromatic rings. The lowest BCUT2D eigenvalue weighted by Crippen LogP contribution is -2.13. The van der Waals surface area contributed by atoms with E-state index >= 15 is 0 Å². The summed E-state index contributed by atoms with van der Waals surface area (Å²) in [7, 11) is 4.28. The van der Waals surface area contributed by atoms with Crippen molar-refractivity contribution in [3.63, 3.8) is 0 Å². The van der Waals surface area contributed by atoms with Crippen LogP contribution in [0, 0.1) is 0 Å². The molecule has 21 heavy (non-hydrogen) atoms. The first-order valence-electron chi connectivity index (χ1n) is 7.86. The van der Waals surface area contributed by atoms with Gasteiger partial charge in [0.25, 0.3) is 0 Å². The second-order valence-electron chi connectivity index (χ2n) is 6.11. The van der Waals surface area contributed by atoms with Crippen molar-refractivity contribution in [2.45, 2.75) is 26.2 Å². The van der Waals surface area contributed by atoms with E-state index in [4.69, 9.17) is 0 Å². The molecule has 0 saturated heterocycles. The third-order valence-corrected chi connectivity index (χ3v) is 4.22. The lowest BCUT2D eigenvalue weighted by atomic mass is 10.00. The highest BCUT2D eigenvalue weighted by Crippen LogP contribution is 2.29. The van der Waals surface area contributed by atoms with Gasteiger partial charge in [-0.3, -0.25) is 0 Å². The Morgan fingerprint density at radius 3 is 2.62 bits per heavy atom. The van der Waals surface area contributed by atoms with Crippen molar-refractivity contribution in [3.05, 3.63) is 47.5 Å². The number of nitrogens with zero attached hydrogens (tertiary/aromatic N) is 1. The summed E-state index contributed by atoms with van der Waals surface area (Å²) in [5.41, 5.74) is 5.47. The number of benzene rings is 2. The van der Waals surface area contributed by atoms with Crippen LogP contribution in [0.5, 0.6) is 0 Å². The third-order valence-electron chi connectivity index (χ3n) is 4.22. The molecule has 0 radical (unpaired) electrons. The summed E-state index contributed by atoms with van der Waals surface area (Å²) in [6, 6.07) is 13.4. The topological polar surface area (TPSA) is 19.0 Å². The van der Waals surface area contributed by atoms with Crippen LogP contribution in [0.1, 0.15) is 24.5 Å². The minimum absolute atomic E-state index is 1.09. The summed E-state index contributed by atoms with van der Waals surface area (Å²) >= 11 is 0. The summed E-state index contributed by atoms with van der Waals surface area (Å²) in [5, 5.41) is 2.72. The standard InChI is InChI=1S/C19H24N2/c1-4-14-12-15(8-7-11-21(2)3)19-17(13-14)16-9-5-6-10-18(16)20-19/h5-6,9-10,12-13,20H,4,7-8,11H2,1-3H3. The first kappa shape index (κ1) is 14.2. The van der Waals surface area contributed by atoms with Crippen molar-refractivity contribution >= 4 is 21.8 Å². The molecule has 0 atom stereocenters. The number of aromatic amines is 1. The maximum absolute atomic E-state index is 3.62. The zero-order chi connectivity index (χ0) is 14.8. The van der Waals surface area contributed by atoms with Crippen molar-refractivity contribution in [2.24, 2.45) is 0 Å². The molecule has 0 unspecified atom stereocenters. The van der Waals surface area contributed by atoms with Crippen LogP contribution in [0.4, 0.5) is 0 Å². The highest BCUT2D eigenvalue weighted by atomic mass is 15.0. The van der Waals surface area contributed by atoms with Crippen molar-refractivity contribution < 1.29 is 0 Å². The average Bonchev–Trinajstić information content (AvgIpc) is 2.85. The van der Waals surface area contributed by atoms with Crippen LogP contribution >= 0.6 is 0 Å². The van der Waals surface area contributed by atoms with Gasteiger partial charge in [0, 0.05) is 21.8 Å². The van der Waals surface area contributed by atoms with E-state index in [9.17, 15) is 0 Å². The first-order valence-corrected chi connectivity index (χ1v) is 7.86. The zero-order valence-electron chi connectivity index (χ0n) is 13.2. The fourth-order valence-electron chi connectivity index (χ4n) is 3.08. The minimum atomic E-state index is 1.09. The highest BCUT2D eigenvalue weighted by Gasteiger charge is 2.09. The van der Waals surface area contributed by atoms with E-state index in [1.165, 1.54) is 39.4 Å². The first-order chi connectivity index (χ1) is 10.2. The van der Waals surface area contributed by atoms with Crippen LogP contribution in [-0.4, -0.2) is 30.5 Å². The molecule has 0 saturated carbocycles. The lowest BCUT2D eigenvalue weighted by molar-refractivity contribution is 0.400. The Hall–Kier alpha value is -1.80. The lowest BCUT2D eigenvalue weighted by Gasteiger charge is -2.10. The molecule has 1 N–H and O–H groups in total. The van der Waals surface area contributed by atoms with E-state index in [0.29, 0.717) is 0 Å². The third kappa shape index (κ3) is 2.81. The maximum atomic E-state index is 3.62. The Morgan fingerprint density at radius 1 is 1.05 bits per heavy atom. The molecule has 0 amide bonds. The van der Waals surface area contributed by atoms with E-state index in [1.54, 1.807) is 0 Å². The molecule has 0 spiro atoms. The van der Waals surface area contributed by atoms with E-state index in [-0.39, 0.29) is 0 Å². The van der Waals surface area contributed by atoms with Crippen LogP contribution in [0.15, 0.2) is 36.4 Å². The van der Waals surface area contributed by atoms with Gasteiger partial charge in [0.05, 0.1) is 0 Å². The van der Waals surface area contributed by atoms with Gasteiger partial charge < -0.3 is 9.88 Å². The van der Waals surface area contributed by atoms with E-state index in [0.717, 1.165) is 19.4 Å². The number of hydrogen-bond donors (Lipinski definition) is 1. The predicted octanol–water partition coefficient (Wildman–Crippen LogP) is 4.38. The molecule has 110 valence electrons. The van der Waals surface area contributed by atoms with E-state index in [2.05, 4.69) is 67.3 Å². The molecular weight excluding hydrogens is 256 g/mol. The predicted molar refractivity (Wildman–Crippen MR) is 92.1 cm³/mol. The van der Waals surface area contributed by atoms with Crippen LogP contribution in [0.2, 0.25) is 0 Å². The summed E-state index contributed by atoms with van der Waals surface area (Å²) in [6.07, 6.45) is 3.43. The Morgan fingerprint density at radius 2 is 1.86 bits per heavy atom. The number of para-hydroxylation sites is 1. The van der Waals surface area contributed by atoms with Gasteiger partial charge in [-0.15, -0.1) is 0 Å². The number of hydrogen-bond acceptors (Lipinski definition) is 1. The summed E-state index contributed by atoms with van der Waals surface area (Å²) in [4.78, 5) is 5.88. The maximum Gasteiger partial charge on any atom is 0.0497 e.